The molecule has 0 aliphatic carbocycles. The van der Waals surface area contributed by atoms with E-state index in [2.05, 4.69) is 17.5 Å². The van der Waals surface area contributed by atoms with Gasteiger partial charge in [0.1, 0.15) is 0 Å². The van der Waals surface area contributed by atoms with Gasteiger partial charge in [0.2, 0.25) is 0 Å². The van der Waals surface area contributed by atoms with Crippen molar-refractivity contribution >= 4 is 18.6 Å². The molecule has 0 fully saturated rings. The van der Waals surface area contributed by atoms with E-state index >= 15 is 0 Å². The van der Waals surface area contributed by atoms with Crippen LogP contribution in [0.25, 0.3) is 0 Å². The molecule has 0 amide bonds. The summed E-state index contributed by atoms with van der Waals surface area (Å²) in [6, 6.07) is 0. The van der Waals surface area contributed by atoms with Crippen molar-refractivity contribution in [3.63, 3.8) is 0 Å². The first kappa shape index (κ1) is 13.3. The second-order valence-corrected chi connectivity index (χ2v) is 3.44. The Balaban J connectivity index is 3.26. The van der Waals surface area contributed by atoms with Crippen LogP contribution in [0.15, 0.2) is 14.4 Å². The summed E-state index contributed by atoms with van der Waals surface area (Å²) in [6.07, 6.45) is -0.0553. The number of rotatable bonds is 4. The highest BCUT2D eigenvalue weighted by Gasteiger charge is 2.12. The van der Waals surface area contributed by atoms with Crippen LogP contribution >= 0.6 is 12.6 Å². The predicted octanol–water partition coefficient (Wildman–Crippen LogP) is -2.01. The van der Waals surface area contributed by atoms with Crippen LogP contribution in [0.5, 0.6) is 0 Å². The maximum Gasteiger partial charge on any atom is 0.370 e. The van der Waals surface area contributed by atoms with Crippen LogP contribution in [0.4, 0.5) is 0 Å². The minimum absolute atomic E-state index is 0.0541. The van der Waals surface area contributed by atoms with E-state index in [1.54, 1.807) is 6.92 Å². The lowest BCUT2D eigenvalue weighted by Crippen LogP contribution is -2.52. The van der Waals surface area contributed by atoms with Crippen molar-refractivity contribution in [2.45, 2.75) is 19.9 Å². The Labute approximate surface area is 100 Å². The molecule has 94 valence electrons. The molecule has 0 saturated carbocycles. The summed E-state index contributed by atoms with van der Waals surface area (Å²) in [5.41, 5.74) is -2.92. The van der Waals surface area contributed by atoms with Gasteiger partial charge >= 0.3 is 23.0 Å². The molecule has 17 heavy (non-hydrogen) atoms. The Hall–Kier alpha value is -1.77. The van der Waals surface area contributed by atoms with Crippen LogP contribution in [-0.4, -0.2) is 26.0 Å². The molecule has 0 saturated heterocycles. The Kier molecular flexibility index (Phi) is 4.32. The van der Waals surface area contributed by atoms with Crippen LogP contribution in [0, 0.1) is 0 Å². The quantitative estimate of drug-likeness (QED) is 0.610. The van der Waals surface area contributed by atoms with Gasteiger partial charge in [0.05, 0.1) is 6.42 Å². The lowest BCUT2D eigenvalue weighted by molar-refractivity contribution is -0.145. The Bertz CT molecular complexity index is 584. The summed E-state index contributed by atoms with van der Waals surface area (Å²) in [5.74, 6) is -0.562. The van der Waals surface area contributed by atoms with Crippen molar-refractivity contribution in [3.05, 3.63) is 31.5 Å². The van der Waals surface area contributed by atoms with Gasteiger partial charge in [0.15, 0.2) is 0 Å². The van der Waals surface area contributed by atoms with Gasteiger partial charge in [-0.25, -0.2) is 23.7 Å². The highest BCUT2D eigenvalue weighted by molar-refractivity contribution is 7.80. The molecule has 0 atom stereocenters. The van der Waals surface area contributed by atoms with E-state index in [0.29, 0.717) is 0 Å². The molecule has 1 heterocycles. The molecular weight excluding hydrogens is 250 g/mol. The number of aromatic nitrogens is 3. The van der Waals surface area contributed by atoms with Gasteiger partial charge in [-0.3, -0.25) is 4.98 Å². The molecule has 0 aromatic carbocycles. The smallest absolute Gasteiger partial charge is 0.327 e. The van der Waals surface area contributed by atoms with Gasteiger partial charge in [-0.2, -0.15) is 12.6 Å². The zero-order valence-corrected chi connectivity index (χ0v) is 9.90. The largest absolute Gasteiger partial charge is 0.370 e. The van der Waals surface area contributed by atoms with E-state index in [1.165, 1.54) is 0 Å². The van der Waals surface area contributed by atoms with Crippen molar-refractivity contribution in [2.75, 3.05) is 5.75 Å². The average Bonchev–Trinajstić information content (AvgIpc) is 2.25. The molecule has 0 spiro atoms. The summed E-state index contributed by atoms with van der Waals surface area (Å²) in [4.78, 5) is 51.6. The van der Waals surface area contributed by atoms with Crippen molar-refractivity contribution in [1.82, 2.24) is 14.3 Å². The first-order valence-corrected chi connectivity index (χ1v) is 5.42. The van der Waals surface area contributed by atoms with Crippen LogP contribution < -0.4 is 21.9 Å². The van der Waals surface area contributed by atoms with E-state index in [1.807, 2.05) is 4.98 Å². The van der Waals surface area contributed by atoms with Gasteiger partial charge in [-0.15, -0.1) is 0 Å². The molecule has 1 N–H and O–H groups in total. The molecule has 1 aromatic heterocycles. The van der Waals surface area contributed by atoms with Crippen molar-refractivity contribution in [1.29, 1.82) is 0 Å². The second-order valence-electron chi connectivity index (χ2n) is 2.99. The topological polar surface area (TPSA) is 103 Å². The minimum Gasteiger partial charge on any atom is -0.327 e. The van der Waals surface area contributed by atoms with Crippen LogP contribution in [0.1, 0.15) is 13.3 Å². The average molecular weight is 261 g/mol. The predicted molar refractivity (Wildman–Crippen MR) is 61.3 cm³/mol. The molecule has 0 radical (unpaired) electrons. The maximum atomic E-state index is 11.6. The number of H-pyrrole nitrogens is 1. The third-order valence-electron chi connectivity index (χ3n) is 1.87. The number of aromatic amines is 1. The number of nitrogens with zero attached hydrogens (tertiary/aromatic N) is 2. The third-order valence-corrected chi connectivity index (χ3v) is 2.10. The van der Waals surface area contributed by atoms with Crippen LogP contribution in [0.2, 0.25) is 0 Å². The number of carbonyl (C=O) groups is 1. The first-order valence-electron chi connectivity index (χ1n) is 4.79. The molecular formula is C8H11N3O5S. The number of nitrogens with one attached hydrogen (secondary N) is 1. The van der Waals surface area contributed by atoms with Gasteiger partial charge in [0, 0.05) is 12.3 Å². The van der Waals surface area contributed by atoms with Gasteiger partial charge in [-0.05, 0) is 6.92 Å². The number of carbonyl (C=O) groups excluding carboxylic acids is 1. The Morgan fingerprint density at radius 3 is 2.53 bits per heavy atom. The number of hydrogen-bond donors (Lipinski definition) is 2. The molecule has 0 unspecified atom stereocenters. The zero-order valence-electron chi connectivity index (χ0n) is 9.00. The molecule has 0 aliphatic rings. The monoisotopic (exact) mass is 261 g/mol. The van der Waals surface area contributed by atoms with E-state index in [-0.39, 0.29) is 23.4 Å². The standard InChI is InChI=1S/C8H11N3O5S/c1-2-10-6(13)9-7(14)11(8(10)15)16-5(12)3-4-17/h17H,2-4H2,1H3,(H,9,13,14). The zero-order chi connectivity index (χ0) is 13.0. The second kappa shape index (κ2) is 5.53. The molecule has 9 heteroatoms. The fourth-order valence-corrected chi connectivity index (χ4v) is 1.27. The Morgan fingerprint density at radius 2 is 2.00 bits per heavy atom. The summed E-state index contributed by atoms with van der Waals surface area (Å²) in [6.45, 7) is 1.60. The number of hydrogen-bond acceptors (Lipinski definition) is 6. The lowest BCUT2D eigenvalue weighted by Gasteiger charge is -2.06. The Morgan fingerprint density at radius 1 is 1.35 bits per heavy atom. The highest BCUT2D eigenvalue weighted by atomic mass is 32.1. The fraction of sp³-hybridized carbons (Fsp3) is 0.500. The van der Waals surface area contributed by atoms with Crippen molar-refractivity contribution in [3.8, 4) is 0 Å². The summed E-state index contributed by atoms with van der Waals surface area (Å²) < 4.78 is 0.950. The first-order chi connectivity index (χ1) is 8.01. The molecule has 0 aliphatic heterocycles. The molecule has 1 rings (SSSR count). The summed E-state index contributed by atoms with van der Waals surface area (Å²) in [7, 11) is 0. The van der Waals surface area contributed by atoms with Crippen molar-refractivity contribution in [2.24, 2.45) is 0 Å². The van der Waals surface area contributed by atoms with Gasteiger partial charge < -0.3 is 4.84 Å². The van der Waals surface area contributed by atoms with E-state index in [0.717, 1.165) is 4.57 Å². The fourth-order valence-electron chi connectivity index (χ4n) is 1.09. The molecule has 1 aromatic rings. The number of thiol groups is 1. The molecule has 0 bridgehead atoms. The van der Waals surface area contributed by atoms with Crippen molar-refractivity contribution < 1.29 is 9.63 Å². The van der Waals surface area contributed by atoms with E-state index in [4.69, 9.17) is 0 Å². The minimum atomic E-state index is -1.09. The normalized spacial score (nSPS) is 10.2. The van der Waals surface area contributed by atoms with Crippen LogP contribution in [0.3, 0.4) is 0 Å². The van der Waals surface area contributed by atoms with E-state index < -0.39 is 23.0 Å². The lowest BCUT2D eigenvalue weighted by atomic mass is 10.5. The SMILES string of the molecule is CCn1c(=O)[nH]c(=O)n(OC(=O)CCS)c1=O. The highest BCUT2D eigenvalue weighted by Crippen LogP contribution is 1.83. The van der Waals surface area contributed by atoms with E-state index in [9.17, 15) is 19.2 Å². The van der Waals surface area contributed by atoms with Gasteiger partial charge in [-0.1, -0.05) is 4.73 Å². The van der Waals surface area contributed by atoms with Crippen LogP contribution in [-0.2, 0) is 11.3 Å². The maximum absolute atomic E-state index is 11.6. The van der Waals surface area contributed by atoms with Gasteiger partial charge in [0.25, 0.3) is 0 Å². The molecule has 8 nitrogen and oxygen atoms in total. The summed E-state index contributed by atoms with van der Waals surface area (Å²) in [5, 5.41) is 0. The third kappa shape index (κ3) is 2.87. The summed E-state index contributed by atoms with van der Waals surface area (Å²) >= 11 is 3.80.